The number of amides is 1. The van der Waals surface area contributed by atoms with Crippen LogP contribution in [0.15, 0.2) is 42.5 Å². The van der Waals surface area contributed by atoms with Gasteiger partial charge in [-0.05, 0) is 50.1 Å². The van der Waals surface area contributed by atoms with Crippen molar-refractivity contribution in [1.82, 2.24) is 0 Å². The lowest BCUT2D eigenvalue weighted by molar-refractivity contribution is -0.124. The number of ether oxygens (including phenoxy) is 3. The zero-order valence-electron chi connectivity index (χ0n) is 15.4. The van der Waals surface area contributed by atoms with E-state index in [2.05, 4.69) is 5.32 Å². The molecule has 7 nitrogen and oxygen atoms in total. The summed E-state index contributed by atoms with van der Waals surface area (Å²) in [7, 11) is 0. The lowest BCUT2D eigenvalue weighted by atomic mass is 10.2. The van der Waals surface area contributed by atoms with E-state index < -0.39 is 12.1 Å². The number of anilines is 1. The van der Waals surface area contributed by atoms with Gasteiger partial charge in [-0.1, -0.05) is 6.07 Å². The molecule has 0 spiro atoms. The largest absolute Gasteiger partial charge is 0.490 e. The van der Waals surface area contributed by atoms with E-state index in [-0.39, 0.29) is 17.2 Å². The van der Waals surface area contributed by atoms with E-state index in [0.717, 1.165) is 6.42 Å². The second-order valence-electron chi connectivity index (χ2n) is 6.17. The number of esters is 1. The molecule has 1 atom stereocenters. The number of benzene rings is 2. The summed E-state index contributed by atoms with van der Waals surface area (Å²) in [6.07, 6.45) is 1.09. The van der Waals surface area contributed by atoms with Crippen molar-refractivity contribution in [2.75, 3.05) is 18.5 Å². The number of hydrogen-bond donors (Lipinski definition) is 1. The summed E-state index contributed by atoms with van der Waals surface area (Å²) in [5.41, 5.74) is 1.17. The molecule has 0 aromatic heterocycles. The third kappa shape index (κ3) is 4.67. The Labute approximate surface area is 162 Å². The molecule has 1 saturated heterocycles. The van der Waals surface area contributed by atoms with E-state index in [1.54, 1.807) is 37.3 Å². The van der Waals surface area contributed by atoms with Crippen LogP contribution in [0.3, 0.4) is 0 Å². The second kappa shape index (κ2) is 9.02. The molecule has 1 N–H and O–H groups in total. The summed E-state index contributed by atoms with van der Waals surface area (Å²) in [6.45, 7) is 2.74. The van der Waals surface area contributed by atoms with Crippen LogP contribution < -0.4 is 14.8 Å². The first-order valence-electron chi connectivity index (χ1n) is 9.02. The number of carbonyl (C=O) groups excluding carboxylic acids is 2. The molecule has 28 heavy (non-hydrogen) atoms. The highest BCUT2D eigenvalue weighted by Gasteiger charge is 2.23. The van der Waals surface area contributed by atoms with E-state index in [4.69, 9.17) is 19.5 Å². The lowest BCUT2D eigenvalue weighted by Crippen LogP contribution is -2.26. The number of nitrogens with zero attached hydrogens (tertiary/aromatic N) is 1. The molecule has 144 valence electrons. The molecule has 1 heterocycles. The Balaban J connectivity index is 1.73. The molecular formula is C21H20N2O5. The summed E-state index contributed by atoms with van der Waals surface area (Å²) < 4.78 is 16.2. The molecule has 0 saturated carbocycles. The Hall–Kier alpha value is -3.37. The zero-order valence-corrected chi connectivity index (χ0v) is 15.4. The molecule has 0 aliphatic carbocycles. The molecule has 1 unspecified atom stereocenters. The van der Waals surface area contributed by atoms with Gasteiger partial charge in [-0.15, -0.1) is 0 Å². The quantitative estimate of drug-likeness (QED) is 0.610. The summed E-state index contributed by atoms with van der Waals surface area (Å²) in [5.74, 6) is -0.287. The van der Waals surface area contributed by atoms with Crippen LogP contribution >= 0.6 is 0 Å². The normalized spacial score (nSPS) is 15.5. The van der Waals surface area contributed by atoms with Gasteiger partial charge in [0.15, 0.2) is 11.5 Å². The highest BCUT2D eigenvalue weighted by atomic mass is 16.6. The Morgan fingerprint density at radius 2 is 2.11 bits per heavy atom. The minimum Gasteiger partial charge on any atom is -0.490 e. The molecule has 1 aliphatic rings. The predicted molar refractivity (Wildman–Crippen MR) is 101 cm³/mol. The van der Waals surface area contributed by atoms with Crippen molar-refractivity contribution in [1.29, 1.82) is 5.26 Å². The van der Waals surface area contributed by atoms with E-state index in [1.165, 1.54) is 12.1 Å². The van der Waals surface area contributed by atoms with Crippen molar-refractivity contribution in [3.63, 3.8) is 0 Å². The molecule has 0 radical (unpaired) electrons. The maximum absolute atomic E-state index is 12.5. The van der Waals surface area contributed by atoms with Gasteiger partial charge < -0.3 is 19.5 Å². The fourth-order valence-corrected chi connectivity index (χ4v) is 2.82. The number of hydrogen-bond acceptors (Lipinski definition) is 6. The van der Waals surface area contributed by atoms with Crippen molar-refractivity contribution in [3.8, 4) is 17.6 Å². The highest BCUT2D eigenvalue weighted by molar-refractivity contribution is 5.97. The van der Waals surface area contributed by atoms with Gasteiger partial charge in [-0.3, -0.25) is 4.79 Å². The first kappa shape index (κ1) is 19.4. The Morgan fingerprint density at radius 3 is 2.82 bits per heavy atom. The van der Waals surface area contributed by atoms with Crippen molar-refractivity contribution >= 4 is 17.6 Å². The number of carbonyl (C=O) groups is 2. The van der Waals surface area contributed by atoms with Crippen LogP contribution in [0.1, 0.15) is 35.7 Å². The monoisotopic (exact) mass is 380 g/mol. The summed E-state index contributed by atoms with van der Waals surface area (Å²) in [5, 5.41) is 11.8. The zero-order chi connectivity index (χ0) is 19.9. The first-order valence-corrected chi connectivity index (χ1v) is 9.02. The van der Waals surface area contributed by atoms with E-state index >= 15 is 0 Å². The average Bonchev–Trinajstić information content (AvgIpc) is 3.24. The number of nitriles is 1. The highest BCUT2D eigenvalue weighted by Crippen LogP contribution is 2.29. The Kier molecular flexibility index (Phi) is 6.25. The maximum atomic E-state index is 12.5. The van der Waals surface area contributed by atoms with Gasteiger partial charge in [-0.2, -0.15) is 5.26 Å². The molecule has 2 aromatic carbocycles. The van der Waals surface area contributed by atoms with E-state index in [0.29, 0.717) is 36.6 Å². The molecule has 3 rings (SSSR count). The predicted octanol–water partition coefficient (Wildman–Crippen LogP) is 3.29. The average molecular weight is 380 g/mol. The van der Waals surface area contributed by atoms with Gasteiger partial charge in [0.05, 0.1) is 23.8 Å². The summed E-state index contributed by atoms with van der Waals surface area (Å²) >= 11 is 0. The van der Waals surface area contributed by atoms with Crippen LogP contribution in [0.5, 0.6) is 11.5 Å². The van der Waals surface area contributed by atoms with E-state index in [9.17, 15) is 9.59 Å². The van der Waals surface area contributed by atoms with Crippen LogP contribution in [-0.4, -0.2) is 31.2 Å². The second-order valence-corrected chi connectivity index (χ2v) is 6.17. The van der Waals surface area contributed by atoms with Gasteiger partial charge in [0, 0.05) is 18.4 Å². The van der Waals surface area contributed by atoms with Crippen molar-refractivity contribution in [2.24, 2.45) is 0 Å². The minimum atomic E-state index is -0.598. The first-order chi connectivity index (χ1) is 13.6. The summed E-state index contributed by atoms with van der Waals surface area (Å²) in [4.78, 5) is 24.7. The van der Waals surface area contributed by atoms with Crippen LogP contribution in [-0.2, 0) is 9.53 Å². The van der Waals surface area contributed by atoms with Crippen molar-refractivity contribution in [2.45, 2.75) is 25.9 Å². The van der Waals surface area contributed by atoms with Gasteiger partial charge in [0.2, 0.25) is 0 Å². The maximum Gasteiger partial charge on any atom is 0.343 e. The van der Waals surface area contributed by atoms with Crippen LogP contribution in [0.25, 0.3) is 0 Å². The van der Waals surface area contributed by atoms with Gasteiger partial charge in [0.25, 0.3) is 5.91 Å². The molecule has 2 aromatic rings. The van der Waals surface area contributed by atoms with Crippen molar-refractivity contribution in [3.05, 3.63) is 53.6 Å². The molecule has 7 heteroatoms. The third-order valence-corrected chi connectivity index (χ3v) is 4.16. The molecule has 1 amide bonds. The van der Waals surface area contributed by atoms with Gasteiger partial charge in [0.1, 0.15) is 6.10 Å². The fourth-order valence-electron chi connectivity index (χ4n) is 2.82. The number of rotatable bonds is 6. The molecule has 1 fully saturated rings. The molecular weight excluding hydrogens is 360 g/mol. The van der Waals surface area contributed by atoms with Crippen LogP contribution in [0.2, 0.25) is 0 Å². The third-order valence-electron chi connectivity index (χ3n) is 4.16. The Bertz CT molecular complexity index is 913. The smallest absolute Gasteiger partial charge is 0.343 e. The van der Waals surface area contributed by atoms with Crippen molar-refractivity contribution < 1.29 is 23.8 Å². The van der Waals surface area contributed by atoms with Gasteiger partial charge >= 0.3 is 5.97 Å². The molecule has 0 bridgehead atoms. The van der Waals surface area contributed by atoms with Crippen LogP contribution in [0.4, 0.5) is 5.69 Å². The lowest BCUT2D eigenvalue weighted by Gasteiger charge is -2.12. The fraction of sp³-hybridized carbons (Fsp3) is 0.286. The summed E-state index contributed by atoms with van der Waals surface area (Å²) in [6, 6.07) is 13.1. The topological polar surface area (TPSA) is 97.6 Å². The SMILES string of the molecule is CCOc1cc(C#N)ccc1OC(=O)c1cccc(NC(=O)C2CCCO2)c1. The standard InChI is InChI=1S/C21H20N2O5/c1-2-26-19-11-14(13-22)8-9-17(19)28-21(25)15-5-3-6-16(12-15)23-20(24)18-7-4-10-27-18/h3,5-6,8-9,11-12,18H,2,4,7,10H2,1H3,(H,23,24). The number of nitrogens with one attached hydrogen (secondary N) is 1. The van der Waals surface area contributed by atoms with Gasteiger partial charge in [-0.25, -0.2) is 4.79 Å². The van der Waals surface area contributed by atoms with E-state index in [1.807, 2.05) is 6.07 Å². The Morgan fingerprint density at radius 1 is 1.25 bits per heavy atom. The minimum absolute atomic E-state index is 0.222. The molecule has 1 aliphatic heterocycles. The van der Waals surface area contributed by atoms with Crippen LogP contribution in [0, 0.1) is 11.3 Å².